The smallest absolute Gasteiger partial charge is 0.410 e. The Morgan fingerprint density at radius 2 is 0.970 bits per heavy atom. The average Bonchev–Trinajstić information content (AvgIpc) is 1.67. The van der Waals surface area contributed by atoms with Crippen LogP contribution in [0.15, 0.2) is 89.9 Å². The molecule has 0 unspecified atom stereocenters. The molecule has 15 nitrogen and oxygen atoms in total. The lowest BCUT2D eigenvalue weighted by Gasteiger charge is -2.42. The first-order chi connectivity index (χ1) is 48.0. The van der Waals surface area contributed by atoms with E-state index in [1.165, 1.54) is 47.8 Å². The van der Waals surface area contributed by atoms with Crippen molar-refractivity contribution in [3.05, 3.63) is 107 Å². The summed E-state index contributed by atoms with van der Waals surface area (Å²) in [5.41, 5.74) is 5.18. The molecule has 1 saturated carbocycles. The van der Waals surface area contributed by atoms with Crippen LogP contribution in [-0.4, -0.2) is 138 Å². The lowest BCUT2D eigenvalue weighted by molar-refractivity contribution is 0.0140. The monoisotopic (exact) mass is 1370 g/mol. The van der Waals surface area contributed by atoms with Crippen LogP contribution in [0.2, 0.25) is 0 Å². The summed E-state index contributed by atoms with van der Waals surface area (Å²) in [7, 11) is 0. The lowest BCUT2D eigenvalue weighted by atomic mass is 9.91. The highest BCUT2D eigenvalue weighted by molar-refractivity contribution is 9.10. The first-order valence-corrected chi connectivity index (χ1v) is 32.9. The number of nitrogens with zero attached hydrogens (tertiary/aromatic N) is 11. The molecule has 11 rings (SSSR count). The summed E-state index contributed by atoms with van der Waals surface area (Å²) in [6, 6.07) is 21.1. The van der Waals surface area contributed by atoms with Gasteiger partial charge in [0.25, 0.3) is 0 Å². The van der Waals surface area contributed by atoms with Crippen molar-refractivity contribution in [3.63, 3.8) is 0 Å². The van der Waals surface area contributed by atoms with E-state index in [1.54, 1.807) is 19.3 Å². The summed E-state index contributed by atoms with van der Waals surface area (Å²) in [4.78, 5) is 53.4. The number of piperazine rings is 1. The Bertz CT molecular complexity index is 4810. The van der Waals surface area contributed by atoms with Crippen molar-refractivity contribution < 1.29 is 19.0 Å². The second-order valence-electron chi connectivity index (χ2n) is 23.4. The molecule has 4 aromatic heterocycles. The Hall–Kier alpha value is -11.9. The van der Waals surface area contributed by atoms with E-state index in [4.69, 9.17) is 40.6 Å². The highest BCUT2D eigenvalue weighted by atomic mass is 79.9. The van der Waals surface area contributed by atoms with Gasteiger partial charge in [-0.1, -0.05) is 74.0 Å². The van der Waals surface area contributed by atoms with Gasteiger partial charge >= 0.3 is 6.09 Å². The van der Waals surface area contributed by atoms with E-state index >= 15 is 0 Å². The van der Waals surface area contributed by atoms with Gasteiger partial charge in [-0.2, -0.15) is 9.97 Å². The summed E-state index contributed by atoms with van der Waals surface area (Å²) in [6.45, 7) is 17.3. The molecule has 6 aromatic rings. The van der Waals surface area contributed by atoms with Crippen LogP contribution >= 0.6 is 15.9 Å². The van der Waals surface area contributed by atoms with Gasteiger partial charge in [0, 0.05) is 140 Å². The van der Waals surface area contributed by atoms with Gasteiger partial charge in [0.2, 0.25) is 11.9 Å². The van der Waals surface area contributed by atoms with Gasteiger partial charge < -0.3 is 38.7 Å². The Balaban J connectivity index is 0.000000190. The third kappa shape index (κ3) is 23.5. The van der Waals surface area contributed by atoms with Crippen LogP contribution in [0.4, 0.5) is 28.3 Å². The number of fused-ring (bicyclic) bond motifs is 2. The molecule has 2 atom stereocenters. The number of carbonyl (C=O) groups excluding carboxylic acids is 1. The summed E-state index contributed by atoms with van der Waals surface area (Å²) < 4.78 is 17.7. The number of morpholine rings is 2. The molecule has 16 heteroatoms. The van der Waals surface area contributed by atoms with Crippen LogP contribution < -0.4 is 19.6 Å². The number of rotatable bonds is 9. The van der Waals surface area contributed by atoms with E-state index in [9.17, 15) is 4.79 Å². The zero-order chi connectivity index (χ0) is 68.4. The summed E-state index contributed by atoms with van der Waals surface area (Å²) in [5.74, 6) is 71.6. The number of hydrogen-bond donors (Lipinski definition) is 0. The molecule has 0 N–H and O–H groups in total. The normalized spacial score (nSPS) is 15.2. The van der Waals surface area contributed by atoms with Gasteiger partial charge in [-0.05, 0) is 205 Å². The molecule has 99 heavy (non-hydrogen) atoms. The first kappa shape index (κ1) is 72.9. The standard InChI is InChI=1S/C29H4.C27H33BrN6O3.C26H31N5O.CH4/c1-3-5-7-9-11-13-15-17-19-21-23-25-27-29-28-26-24-22-20-18-16-14-12-10-8-6-4-2;1-27(2,3)37-26(35)34-10-9-33(18-20(34)15-19-7-5-4-6-8-19)24-23-21(28)16-29-17-22(23)30-25(31-24)32-11-13-36-14-12-32;1-2-5-19(6-3-1)15-20-7-4-10-31(18-20)25-24-22(21-8-9-21)16-27-17-23(24)28-26(29-25)30-11-13-32-14-12-30;/h1H,2H3;4-8,16-17,20H,9-15,18H2,1-3H3;1-3,5-6,16-17,20-21H,4,7-15,18H2;1H4/t;2*20-;/m.00./s1. The van der Waals surface area contributed by atoms with Crippen LogP contribution in [-0.2, 0) is 27.1 Å². The molecule has 0 radical (unpaired) electrons. The summed E-state index contributed by atoms with van der Waals surface area (Å²) in [5, 5.41) is 2.16. The second kappa shape index (κ2) is 39.2. The van der Waals surface area contributed by atoms with E-state index < -0.39 is 5.60 Å². The fourth-order valence-electron chi connectivity index (χ4n) is 10.9. The van der Waals surface area contributed by atoms with Crippen molar-refractivity contribution in [2.75, 3.05) is 105 Å². The zero-order valence-electron chi connectivity index (χ0n) is 55.3. The van der Waals surface area contributed by atoms with E-state index in [0.29, 0.717) is 50.6 Å². The molecular weight excluding hydrogens is 1290 g/mol. The summed E-state index contributed by atoms with van der Waals surface area (Å²) in [6.07, 6.45) is 19.0. The second-order valence-corrected chi connectivity index (χ2v) is 24.3. The van der Waals surface area contributed by atoms with Crippen molar-refractivity contribution >= 4 is 67.4 Å². The molecule has 0 spiro atoms. The van der Waals surface area contributed by atoms with Gasteiger partial charge in [-0.15, -0.1) is 6.42 Å². The van der Waals surface area contributed by atoms with E-state index in [1.807, 2.05) is 50.1 Å². The highest BCUT2D eigenvalue weighted by Crippen LogP contribution is 2.45. The SMILES string of the molecule is C.C#CC#CC#CC#CC#CC#CC#CC#CC#CC#CC#CC#CC#CC#CC.CC(C)(C)OC(=O)N1CCN(c2nc(N3CCOCC3)nc3cncc(Br)c23)C[C@@H]1Cc1ccccc1.c1ccc(C[C@@H]2CCCN(c3nc(N4CCOCC4)nc4cncc(C5CC5)c34)C2)cc1. The largest absolute Gasteiger partial charge is 0.444 e. The number of anilines is 4. The lowest BCUT2D eigenvalue weighted by Crippen LogP contribution is -2.57. The minimum Gasteiger partial charge on any atom is -0.444 e. The van der Waals surface area contributed by atoms with Gasteiger partial charge in [-0.3, -0.25) is 9.97 Å². The molecule has 5 fully saturated rings. The minimum atomic E-state index is -0.556. The quantitative estimate of drug-likeness (QED) is 0.127. The predicted octanol–water partition coefficient (Wildman–Crippen LogP) is 9.81. The van der Waals surface area contributed by atoms with Crippen LogP contribution in [0.25, 0.3) is 21.8 Å². The highest BCUT2D eigenvalue weighted by Gasteiger charge is 2.36. The maximum atomic E-state index is 13.2. The van der Waals surface area contributed by atoms with Gasteiger partial charge in [0.15, 0.2) is 0 Å². The molecule has 1 aliphatic carbocycles. The number of halogens is 1. The van der Waals surface area contributed by atoms with E-state index in [-0.39, 0.29) is 19.6 Å². The Labute approximate surface area is 592 Å². The third-order valence-corrected chi connectivity index (χ3v) is 15.9. The van der Waals surface area contributed by atoms with Crippen LogP contribution in [0.1, 0.15) is 83.4 Å². The fraction of sp³-hybridized carbons (Fsp3) is 0.337. The van der Waals surface area contributed by atoms with E-state index in [0.717, 1.165) is 104 Å². The molecule has 8 heterocycles. The van der Waals surface area contributed by atoms with Crippen molar-refractivity contribution in [1.29, 1.82) is 0 Å². The number of carbonyl (C=O) groups is 1. The Morgan fingerprint density at radius 1 is 0.525 bits per heavy atom. The molecule has 2 aromatic carbocycles. The van der Waals surface area contributed by atoms with Crippen molar-refractivity contribution in [3.8, 4) is 166 Å². The predicted molar refractivity (Wildman–Crippen MR) is 397 cm³/mol. The Kier molecular flexibility index (Phi) is 28.9. The summed E-state index contributed by atoms with van der Waals surface area (Å²) >= 11 is 3.68. The van der Waals surface area contributed by atoms with E-state index in [2.05, 4.69) is 254 Å². The van der Waals surface area contributed by atoms with Crippen molar-refractivity contribution in [1.82, 2.24) is 34.8 Å². The molecule has 5 aliphatic rings. The van der Waals surface area contributed by atoms with Gasteiger partial charge in [-0.25, -0.2) is 14.8 Å². The molecule has 0 bridgehead atoms. The number of pyridine rings is 2. The minimum absolute atomic E-state index is 0. The number of amides is 1. The van der Waals surface area contributed by atoms with Crippen LogP contribution in [0.3, 0.4) is 0 Å². The topological polar surface area (TPSA) is 138 Å². The molecule has 4 saturated heterocycles. The van der Waals surface area contributed by atoms with Crippen molar-refractivity contribution in [2.45, 2.75) is 91.2 Å². The fourth-order valence-corrected chi connectivity index (χ4v) is 11.4. The van der Waals surface area contributed by atoms with Crippen molar-refractivity contribution in [2.24, 2.45) is 5.92 Å². The van der Waals surface area contributed by atoms with Gasteiger partial charge in [0.05, 0.1) is 61.3 Å². The first-order valence-electron chi connectivity index (χ1n) is 32.1. The Morgan fingerprint density at radius 3 is 1.44 bits per heavy atom. The number of piperidine rings is 1. The average molecular weight is 1370 g/mol. The number of ether oxygens (including phenoxy) is 3. The molecule has 490 valence electrons. The molecular formula is C83H72BrN11O4. The third-order valence-electron chi connectivity index (χ3n) is 15.3. The number of aromatic nitrogens is 6. The molecule has 1 amide bonds. The maximum Gasteiger partial charge on any atom is 0.410 e. The van der Waals surface area contributed by atoms with Crippen LogP contribution in [0, 0.1) is 172 Å². The number of hydrogen-bond acceptors (Lipinski definition) is 14. The molecule has 4 aliphatic heterocycles. The van der Waals surface area contributed by atoms with Crippen LogP contribution in [0.5, 0.6) is 0 Å². The maximum absolute atomic E-state index is 13.2. The number of terminal acetylenes is 1. The zero-order valence-corrected chi connectivity index (χ0v) is 56.8. The number of benzene rings is 2. The van der Waals surface area contributed by atoms with Gasteiger partial charge in [0.1, 0.15) is 17.2 Å².